The number of likely N-dealkylation sites (tertiary alicyclic amines) is 1. The molecule has 1 spiro atoms. The van der Waals surface area contributed by atoms with Crippen LogP contribution in [0.3, 0.4) is 0 Å². The second kappa shape index (κ2) is 8.37. The van der Waals surface area contributed by atoms with Gasteiger partial charge in [0.25, 0.3) is 0 Å². The number of benzene rings is 1. The lowest BCUT2D eigenvalue weighted by molar-refractivity contribution is 0.0249. The summed E-state index contributed by atoms with van der Waals surface area (Å²) in [6.45, 7) is 8.79. The molecule has 7 heteroatoms. The van der Waals surface area contributed by atoms with E-state index in [1.165, 1.54) is 0 Å². The van der Waals surface area contributed by atoms with Gasteiger partial charge in [-0.3, -0.25) is 9.59 Å². The van der Waals surface area contributed by atoms with E-state index in [2.05, 4.69) is 16.7 Å². The lowest BCUT2D eigenvalue weighted by Gasteiger charge is -2.48. The van der Waals surface area contributed by atoms with Gasteiger partial charge in [0.2, 0.25) is 10.9 Å². The first kappa shape index (κ1) is 22.3. The molecule has 3 aliphatic heterocycles. The molecule has 33 heavy (non-hydrogen) atoms. The zero-order valence-corrected chi connectivity index (χ0v) is 19.7. The number of carbonyl (C=O) groups is 1. The first-order valence-electron chi connectivity index (χ1n) is 11.9. The third-order valence-electron chi connectivity index (χ3n) is 8.44. The average Bonchev–Trinajstić information content (AvgIpc) is 3.22. The molecule has 3 heterocycles. The monoisotopic (exact) mass is 452 g/mol. The molecule has 0 radical (unpaired) electrons. The average molecular weight is 453 g/mol. The second-order valence-electron chi connectivity index (χ2n) is 10.0. The molecule has 5 rings (SSSR count). The third-order valence-corrected chi connectivity index (χ3v) is 8.44. The maximum absolute atomic E-state index is 11.9. The van der Waals surface area contributed by atoms with Gasteiger partial charge in [-0.2, -0.15) is 0 Å². The molecule has 2 saturated heterocycles. The van der Waals surface area contributed by atoms with Gasteiger partial charge in [-0.05, 0) is 75.2 Å². The second-order valence-corrected chi connectivity index (χ2v) is 10.0. The number of cyclic esters (lactones) is 1. The Hall–Kier alpha value is -2.51. The van der Waals surface area contributed by atoms with Crippen LogP contribution in [0.25, 0.3) is 0 Å². The minimum Gasteiger partial charge on any atom is -0.457 e. The van der Waals surface area contributed by atoms with Crippen molar-refractivity contribution in [2.75, 3.05) is 44.7 Å². The highest BCUT2D eigenvalue weighted by atomic mass is 16.5. The first-order valence-corrected chi connectivity index (χ1v) is 11.9. The van der Waals surface area contributed by atoms with E-state index in [0.717, 1.165) is 75.1 Å². The van der Waals surface area contributed by atoms with Gasteiger partial charge >= 0.3 is 5.97 Å². The van der Waals surface area contributed by atoms with Crippen LogP contribution in [0.2, 0.25) is 0 Å². The SMILES string of the molecule is COC(CN1CCC2(CC1)CCN(c1c(C)c(=O)c1=O)CC2)c1ccc2c(c1C)COC2=O. The Morgan fingerprint density at radius 3 is 2.27 bits per heavy atom. The van der Waals surface area contributed by atoms with Crippen molar-refractivity contribution in [3.8, 4) is 0 Å². The van der Waals surface area contributed by atoms with Crippen molar-refractivity contribution < 1.29 is 14.3 Å². The van der Waals surface area contributed by atoms with Gasteiger partial charge in [0, 0.05) is 37.9 Å². The van der Waals surface area contributed by atoms with E-state index in [4.69, 9.17) is 9.47 Å². The number of carbonyl (C=O) groups excluding carboxylic acids is 1. The van der Waals surface area contributed by atoms with E-state index < -0.39 is 0 Å². The van der Waals surface area contributed by atoms with Crippen LogP contribution in [-0.2, 0) is 16.1 Å². The van der Waals surface area contributed by atoms with Crippen LogP contribution in [0.1, 0.15) is 64.4 Å². The zero-order valence-electron chi connectivity index (χ0n) is 19.7. The minimum absolute atomic E-state index is 0.0426. The molecule has 0 N–H and O–H groups in total. The molecule has 2 aromatic rings. The highest BCUT2D eigenvalue weighted by molar-refractivity contribution is 5.93. The molecule has 2 aromatic carbocycles. The molecule has 0 bridgehead atoms. The van der Waals surface area contributed by atoms with E-state index in [-0.39, 0.29) is 22.9 Å². The lowest BCUT2D eigenvalue weighted by Crippen LogP contribution is -2.51. The van der Waals surface area contributed by atoms with Gasteiger partial charge in [-0.1, -0.05) is 6.07 Å². The number of anilines is 1. The lowest BCUT2D eigenvalue weighted by atomic mass is 9.71. The Bertz CT molecular complexity index is 1140. The number of methoxy groups -OCH3 is 1. The number of fused-ring (bicyclic) bond motifs is 1. The van der Waals surface area contributed by atoms with E-state index in [1.807, 2.05) is 12.1 Å². The fourth-order valence-corrected chi connectivity index (χ4v) is 6.04. The van der Waals surface area contributed by atoms with Crippen LogP contribution >= 0.6 is 0 Å². The number of piperidine rings is 2. The van der Waals surface area contributed by atoms with Crippen molar-refractivity contribution in [2.24, 2.45) is 5.41 Å². The summed E-state index contributed by atoms with van der Waals surface area (Å²) in [5.74, 6) is -0.235. The first-order chi connectivity index (χ1) is 15.8. The fourth-order valence-electron chi connectivity index (χ4n) is 6.04. The molecule has 2 fully saturated rings. The summed E-state index contributed by atoms with van der Waals surface area (Å²) in [6.07, 6.45) is 4.40. The Morgan fingerprint density at radius 2 is 1.64 bits per heavy atom. The van der Waals surface area contributed by atoms with Crippen molar-refractivity contribution in [1.82, 2.24) is 4.90 Å². The van der Waals surface area contributed by atoms with Crippen LogP contribution in [0.4, 0.5) is 5.69 Å². The van der Waals surface area contributed by atoms with Crippen LogP contribution in [0, 0.1) is 19.3 Å². The molecular weight excluding hydrogens is 420 g/mol. The summed E-state index contributed by atoms with van der Waals surface area (Å²) in [7, 11) is 1.75. The summed E-state index contributed by atoms with van der Waals surface area (Å²) in [4.78, 5) is 40.0. The van der Waals surface area contributed by atoms with Crippen LogP contribution in [-0.4, -0.2) is 50.7 Å². The van der Waals surface area contributed by atoms with E-state index in [9.17, 15) is 14.4 Å². The number of hydrogen-bond donors (Lipinski definition) is 0. The zero-order chi connectivity index (χ0) is 23.3. The summed E-state index contributed by atoms with van der Waals surface area (Å²) >= 11 is 0. The maximum Gasteiger partial charge on any atom is 0.338 e. The quantitative estimate of drug-likeness (QED) is 0.510. The molecule has 0 saturated carbocycles. The Balaban J connectivity index is 1.19. The molecule has 3 aliphatic rings. The topological polar surface area (TPSA) is 76.2 Å². The number of ether oxygens (including phenoxy) is 2. The van der Waals surface area contributed by atoms with Gasteiger partial charge in [-0.25, -0.2) is 4.79 Å². The predicted octanol–water partition coefficient (Wildman–Crippen LogP) is 2.64. The number of rotatable bonds is 5. The standard InChI is InChI=1S/C26H32N2O5/c1-16-18(4-5-19-20(16)15-33-25(19)31)21(32-3)14-27-10-6-26(7-11-27)8-12-28(13-9-26)22-17(2)23(29)24(22)30/h4-5,21H,6-15H2,1-3H3. The summed E-state index contributed by atoms with van der Waals surface area (Å²) in [6, 6.07) is 3.88. The van der Waals surface area contributed by atoms with E-state index in [0.29, 0.717) is 28.8 Å². The number of hydrogen-bond acceptors (Lipinski definition) is 7. The molecule has 0 aliphatic carbocycles. The number of esters is 1. The predicted molar refractivity (Wildman–Crippen MR) is 126 cm³/mol. The summed E-state index contributed by atoms with van der Waals surface area (Å²) < 4.78 is 11.1. The van der Waals surface area contributed by atoms with E-state index >= 15 is 0 Å². The summed E-state index contributed by atoms with van der Waals surface area (Å²) in [5, 5.41) is 0. The Morgan fingerprint density at radius 1 is 0.970 bits per heavy atom. The normalized spacial score (nSPS) is 21.4. The van der Waals surface area contributed by atoms with Crippen LogP contribution < -0.4 is 15.8 Å². The highest BCUT2D eigenvalue weighted by Crippen LogP contribution is 2.42. The Labute approximate surface area is 194 Å². The van der Waals surface area contributed by atoms with E-state index in [1.54, 1.807) is 14.0 Å². The highest BCUT2D eigenvalue weighted by Gasteiger charge is 2.39. The molecule has 176 valence electrons. The third kappa shape index (κ3) is 3.71. The largest absolute Gasteiger partial charge is 0.457 e. The molecule has 7 nitrogen and oxygen atoms in total. The number of nitrogens with zero attached hydrogens (tertiary/aromatic N) is 2. The van der Waals surface area contributed by atoms with Gasteiger partial charge in [0.15, 0.2) is 0 Å². The smallest absolute Gasteiger partial charge is 0.338 e. The van der Waals surface area contributed by atoms with Gasteiger partial charge in [0.05, 0.1) is 17.4 Å². The molecule has 0 aromatic heterocycles. The van der Waals surface area contributed by atoms with Gasteiger partial charge < -0.3 is 19.3 Å². The maximum atomic E-state index is 11.9. The molecule has 1 atom stereocenters. The van der Waals surface area contributed by atoms with Crippen molar-refractivity contribution in [3.05, 3.63) is 60.4 Å². The van der Waals surface area contributed by atoms with Crippen molar-refractivity contribution in [1.29, 1.82) is 0 Å². The van der Waals surface area contributed by atoms with Crippen molar-refractivity contribution in [3.63, 3.8) is 0 Å². The molecular formula is C26H32N2O5. The molecule has 1 unspecified atom stereocenters. The minimum atomic E-state index is -0.316. The van der Waals surface area contributed by atoms with Crippen molar-refractivity contribution >= 4 is 11.7 Å². The Kier molecular flexibility index (Phi) is 5.65. The fraction of sp³-hybridized carbons (Fsp3) is 0.577. The molecule has 0 amide bonds. The van der Waals surface area contributed by atoms with Gasteiger partial charge in [-0.15, -0.1) is 0 Å². The van der Waals surface area contributed by atoms with Gasteiger partial charge in [0.1, 0.15) is 6.61 Å². The van der Waals surface area contributed by atoms with Crippen LogP contribution in [0.15, 0.2) is 21.7 Å². The van der Waals surface area contributed by atoms with Crippen molar-refractivity contribution in [2.45, 2.75) is 52.2 Å². The van der Waals surface area contributed by atoms with Crippen LogP contribution in [0.5, 0.6) is 0 Å². The summed E-state index contributed by atoms with van der Waals surface area (Å²) in [5.41, 5.74) is 4.90.